The van der Waals surface area contributed by atoms with E-state index >= 15 is 0 Å². The quantitative estimate of drug-likeness (QED) is 0.875. The van der Waals surface area contributed by atoms with Crippen LogP contribution in [-0.4, -0.2) is 0 Å². The van der Waals surface area contributed by atoms with Crippen LogP contribution in [0.25, 0.3) is 0 Å². The van der Waals surface area contributed by atoms with Crippen molar-refractivity contribution in [2.24, 2.45) is 0 Å². The van der Waals surface area contributed by atoms with Crippen molar-refractivity contribution < 1.29 is 4.39 Å². The Balaban J connectivity index is 1.89. The fourth-order valence-electron chi connectivity index (χ4n) is 1.49. The summed E-state index contributed by atoms with van der Waals surface area (Å²) in [5.74, 6) is -0.312. The lowest BCUT2D eigenvalue weighted by molar-refractivity contribution is 0.620. The highest BCUT2D eigenvalue weighted by molar-refractivity contribution is 7.16. The Bertz CT molecular complexity index is 493. The molecule has 0 saturated carbocycles. The standard InChI is InChI=1S/C12H10Cl2FNS/c13-9-3-8(4-10(15)5-9)6-16-7-11-1-2-12(14)17-11/h1-5,16H,6-7H2. The Hall–Kier alpha value is -0.610. The molecule has 0 aliphatic rings. The van der Waals surface area contributed by atoms with Gasteiger partial charge in [-0.05, 0) is 35.9 Å². The molecule has 0 saturated heterocycles. The van der Waals surface area contributed by atoms with Crippen molar-refractivity contribution in [1.82, 2.24) is 5.32 Å². The second-order valence-corrected chi connectivity index (χ2v) is 5.82. The minimum absolute atomic E-state index is 0.312. The summed E-state index contributed by atoms with van der Waals surface area (Å²) in [4.78, 5) is 1.15. The average Bonchev–Trinajstić information content (AvgIpc) is 2.63. The number of nitrogens with one attached hydrogen (secondary N) is 1. The molecule has 1 aromatic carbocycles. The van der Waals surface area contributed by atoms with E-state index in [2.05, 4.69) is 5.32 Å². The Labute approximate surface area is 113 Å². The molecule has 2 aromatic rings. The normalized spacial score (nSPS) is 10.8. The van der Waals surface area contributed by atoms with Gasteiger partial charge in [0.25, 0.3) is 0 Å². The highest BCUT2D eigenvalue weighted by atomic mass is 35.5. The molecular weight excluding hydrogens is 280 g/mol. The molecule has 1 nitrogen and oxygen atoms in total. The second-order valence-electron chi connectivity index (χ2n) is 3.59. The average molecular weight is 290 g/mol. The molecule has 0 atom stereocenters. The Morgan fingerprint density at radius 3 is 2.59 bits per heavy atom. The van der Waals surface area contributed by atoms with Crippen LogP contribution in [0.1, 0.15) is 10.4 Å². The number of hydrogen-bond donors (Lipinski definition) is 1. The minimum atomic E-state index is -0.312. The van der Waals surface area contributed by atoms with E-state index in [4.69, 9.17) is 23.2 Å². The maximum atomic E-state index is 13.1. The summed E-state index contributed by atoms with van der Waals surface area (Å²) in [5, 5.41) is 3.63. The van der Waals surface area contributed by atoms with Crippen molar-refractivity contribution in [3.05, 3.63) is 55.9 Å². The third-order valence-corrected chi connectivity index (χ3v) is 3.63. The summed E-state index contributed by atoms with van der Waals surface area (Å²) in [7, 11) is 0. The van der Waals surface area contributed by atoms with Crippen molar-refractivity contribution in [3.63, 3.8) is 0 Å². The lowest BCUT2D eigenvalue weighted by Gasteiger charge is -2.04. The summed E-state index contributed by atoms with van der Waals surface area (Å²) >= 11 is 13.1. The van der Waals surface area contributed by atoms with E-state index in [-0.39, 0.29) is 5.82 Å². The molecule has 0 fully saturated rings. The summed E-state index contributed by atoms with van der Waals surface area (Å²) < 4.78 is 13.8. The first-order valence-electron chi connectivity index (χ1n) is 5.03. The van der Waals surface area contributed by atoms with Crippen LogP contribution in [0.2, 0.25) is 9.36 Å². The van der Waals surface area contributed by atoms with Gasteiger partial charge in [0, 0.05) is 23.0 Å². The second kappa shape index (κ2) is 5.83. The first kappa shape index (κ1) is 12.8. The molecule has 0 amide bonds. The SMILES string of the molecule is Fc1cc(Cl)cc(CNCc2ccc(Cl)s2)c1. The van der Waals surface area contributed by atoms with Crippen LogP contribution in [0.15, 0.2) is 30.3 Å². The number of rotatable bonds is 4. The predicted molar refractivity (Wildman–Crippen MR) is 71.3 cm³/mol. The first-order chi connectivity index (χ1) is 8.13. The molecule has 17 heavy (non-hydrogen) atoms. The maximum absolute atomic E-state index is 13.1. The lowest BCUT2D eigenvalue weighted by Crippen LogP contribution is -2.11. The van der Waals surface area contributed by atoms with Crippen LogP contribution >= 0.6 is 34.5 Å². The number of halogens is 3. The molecule has 0 aliphatic heterocycles. The van der Waals surface area contributed by atoms with Crippen LogP contribution in [-0.2, 0) is 13.1 Å². The number of thiophene rings is 1. The van der Waals surface area contributed by atoms with Crippen LogP contribution < -0.4 is 5.32 Å². The minimum Gasteiger partial charge on any atom is -0.308 e. The van der Waals surface area contributed by atoms with Gasteiger partial charge in [0.2, 0.25) is 0 Å². The monoisotopic (exact) mass is 289 g/mol. The van der Waals surface area contributed by atoms with Crippen molar-refractivity contribution in [3.8, 4) is 0 Å². The maximum Gasteiger partial charge on any atom is 0.125 e. The molecule has 1 N–H and O–H groups in total. The van der Waals surface area contributed by atoms with Crippen molar-refractivity contribution in [1.29, 1.82) is 0 Å². The molecule has 0 radical (unpaired) electrons. The molecule has 0 spiro atoms. The van der Waals surface area contributed by atoms with Crippen molar-refractivity contribution in [2.45, 2.75) is 13.1 Å². The van der Waals surface area contributed by atoms with E-state index in [0.29, 0.717) is 18.1 Å². The van der Waals surface area contributed by atoms with E-state index in [1.807, 2.05) is 12.1 Å². The highest BCUT2D eigenvalue weighted by Gasteiger charge is 2.01. The van der Waals surface area contributed by atoms with Gasteiger partial charge >= 0.3 is 0 Å². The third kappa shape index (κ3) is 3.96. The molecule has 1 heterocycles. The zero-order valence-electron chi connectivity index (χ0n) is 8.84. The van der Waals surface area contributed by atoms with Gasteiger partial charge in [-0.25, -0.2) is 4.39 Å². The molecule has 0 bridgehead atoms. The number of hydrogen-bond acceptors (Lipinski definition) is 2. The molecular formula is C12H10Cl2FNS. The third-order valence-electron chi connectivity index (χ3n) is 2.18. The zero-order valence-corrected chi connectivity index (χ0v) is 11.2. The van der Waals surface area contributed by atoms with E-state index in [1.54, 1.807) is 6.07 Å². The predicted octanol–water partition coefficient (Wildman–Crippen LogP) is 4.48. The highest BCUT2D eigenvalue weighted by Crippen LogP contribution is 2.21. The molecule has 2 rings (SSSR count). The number of benzene rings is 1. The van der Waals surface area contributed by atoms with Crippen molar-refractivity contribution >= 4 is 34.5 Å². The van der Waals surface area contributed by atoms with Crippen LogP contribution in [0.3, 0.4) is 0 Å². The van der Waals surface area contributed by atoms with Gasteiger partial charge in [-0.2, -0.15) is 0 Å². The van der Waals surface area contributed by atoms with Gasteiger partial charge in [-0.1, -0.05) is 23.2 Å². The summed E-state index contributed by atoms with van der Waals surface area (Å²) in [6.45, 7) is 1.29. The van der Waals surface area contributed by atoms with E-state index in [1.165, 1.54) is 23.5 Å². The summed E-state index contributed by atoms with van der Waals surface area (Å²) in [6, 6.07) is 8.35. The zero-order chi connectivity index (χ0) is 12.3. The Kier molecular flexibility index (Phi) is 4.40. The van der Waals surface area contributed by atoms with Gasteiger partial charge in [-0.3, -0.25) is 0 Å². The largest absolute Gasteiger partial charge is 0.308 e. The van der Waals surface area contributed by atoms with E-state index in [9.17, 15) is 4.39 Å². The molecule has 5 heteroatoms. The first-order valence-corrected chi connectivity index (χ1v) is 6.60. The smallest absolute Gasteiger partial charge is 0.125 e. The van der Waals surface area contributed by atoms with Crippen molar-refractivity contribution in [2.75, 3.05) is 0 Å². The Morgan fingerprint density at radius 2 is 1.94 bits per heavy atom. The van der Waals surface area contributed by atoms with Gasteiger partial charge in [0.1, 0.15) is 5.82 Å². The van der Waals surface area contributed by atoms with Gasteiger partial charge in [0.05, 0.1) is 4.34 Å². The van der Waals surface area contributed by atoms with Gasteiger partial charge in [-0.15, -0.1) is 11.3 Å². The Morgan fingerprint density at radius 1 is 1.12 bits per heavy atom. The molecule has 0 unspecified atom stereocenters. The fourth-order valence-corrected chi connectivity index (χ4v) is 2.79. The molecule has 1 aromatic heterocycles. The molecule has 90 valence electrons. The summed E-state index contributed by atoms with van der Waals surface area (Å²) in [6.07, 6.45) is 0. The lowest BCUT2D eigenvalue weighted by atomic mass is 10.2. The van der Waals surface area contributed by atoms with Crippen LogP contribution in [0.5, 0.6) is 0 Å². The molecule has 0 aliphatic carbocycles. The van der Waals surface area contributed by atoms with Gasteiger partial charge in [0.15, 0.2) is 0 Å². The topological polar surface area (TPSA) is 12.0 Å². The summed E-state index contributed by atoms with van der Waals surface area (Å²) in [5.41, 5.74) is 0.831. The van der Waals surface area contributed by atoms with Crippen LogP contribution in [0, 0.1) is 5.82 Å². The fraction of sp³-hybridized carbons (Fsp3) is 0.167. The van der Waals surface area contributed by atoms with Crippen LogP contribution in [0.4, 0.5) is 4.39 Å². The van der Waals surface area contributed by atoms with E-state index < -0.39 is 0 Å². The van der Waals surface area contributed by atoms with E-state index in [0.717, 1.165) is 14.8 Å². The van der Waals surface area contributed by atoms with Gasteiger partial charge < -0.3 is 5.32 Å².